The Bertz CT molecular complexity index is 429. The van der Waals surface area contributed by atoms with Gasteiger partial charge in [0.15, 0.2) is 0 Å². The molecule has 2 nitrogen and oxygen atoms in total. The van der Waals surface area contributed by atoms with Crippen LogP contribution in [0, 0.1) is 11.2 Å². The van der Waals surface area contributed by atoms with Gasteiger partial charge in [-0.05, 0) is 43.5 Å². The predicted octanol–water partition coefficient (Wildman–Crippen LogP) is 3.17. The average molecular weight is 264 g/mol. The van der Waals surface area contributed by atoms with E-state index in [2.05, 4.69) is 24.1 Å². The topological polar surface area (TPSA) is 15.3 Å². The smallest absolute Gasteiger partial charge is 0.127 e. The van der Waals surface area contributed by atoms with Crippen LogP contribution in [0.3, 0.4) is 0 Å². The third-order valence-corrected chi connectivity index (χ3v) is 3.86. The van der Waals surface area contributed by atoms with Crippen molar-refractivity contribution in [3.8, 4) is 0 Å². The van der Waals surface area contributed by atoms with Crippen molar-refractivity contribution >= 4 is 0 Å². The summed E-state index contributed by atoms with van der Waals surface area (Å²) in [6.07, 6.45) is 2.48. The molecule has 0 spiro atoms. The molecule has 3 heteroatoms. The van der Waals surface area contributed by atoms with Gasteiger partial charge in [-0.3, -0.25) is 4.90 Å². The minimum absolute atomic E-state index is 0.0803. The predicted molar refractivity (Wildman–Crippen MR) is 77.5 cm³/mol. The molecule has 106 valence electrons. The lowest BCUT2D eigenvalue weighted by molar-refractivity contribution is 0.110. The van der Waals surface area contributed by atoms with Gasteiger partial charge in [-0.25, -0.2) is 4.39 Å². The Morgan fingerprint density at radius 3 is 2.84 bits per heavy atom. The third-order valence-electron chi connectivity index (χ3n) is 3.86. The molecule has 1 fully saturated rings. The Morgan fingerprint density at radius 2 is 2.16 bits per heavy atom. The Morgan fingerprint density at radius 1 is 1.37 bits per heavy atom. The van der Waals surface area contributed by atoms with Crippen LogP contribution in [0.1, 0.15) is 37.8 Å². The first-order chi connectivity index (χ1) is 9.00. The van der Waals surface area contributed by atoms with Crippen molar-refractivity contribution in [3.63, 3.8) is 0 Å². The summed E-state index contributed by atoms with van der Waals surface area (Å²) in [4.78, 5) is 2.38. The van der Waals surface area contributed by atoms with E-state index in [0.717, 1.165) is 37.3 Å². The van der Waals surface area contributed by atoms with Crippen molar-refractivity contribution in [2.24, 2.45) is 5.41 Å². The third kappa shape index (κ3) is 4.02. The number of halogens is 1. The van der Waals surface area contributed by atoms with Crippen molar-refractivity contribution in [1.29, 1.82) is 0 Å². The van der Waals surface area contributed by atoms with Gasteiger partial charge in [-0.1, -0.05) is 26.0 Å². The number of rotatable bonds is 4. The van der Waals surface area contributed by atoms with E-state index in [1.807, 2.05) is 19.2 Å². The molecule has 1 heterocycles. The summed E-state index contributed by atoms with van der Waals surface area (Å²) < 4.78 is 13.9. The molecular formula is C16H25FN2. The number of nitrogens with zero attached hydrogens (tertiary/aromatic N) is 1. The van der Waals surface area contributed by atoms with Crippen molar-refractivity contribution in [2.45, 2.75) is 39.8 Å². The quantitative estimate of drug-likeness (QED) is 0.898. The van der Waals surface area contributed by atoms with E-state index in [-0.39, 0.29) is 5.82 Å². The van der Waals surface area contributed by atoms with Gasteiger partial charge in [-0.2, -0.15) is 0 Å². The van der Waals surface area contributed by atoms with E-state index in [0.29, 0.717) is 5.41 Å². The standard InChI is InChI=1S/C16H25FN2/c1-16(2)7-4-8-19(12-16)11-14-9-13(10-18-3)5-6-15(14)17/h5-6,9,18H,4,7-8,10-12H2,1-3H3. The highest BCUT2D eigenvalue weighted by Gasteiger charge is 2.26. The molecule has 1 aromatic rings. The molecule has 2 rings (SSSR count). The molecule has 0 bridgehead atoms. The number of piperidine rings is 1. The summed E-state index contributed by atoms with van der Waals surface area (Å²) in [5, 5.41) is 3.11. The fraction of sp³-hybridized carbons (Fsp3) is 0.625. The number of likely N-dealkylation sites (tertiary alicyclic amines) is 1. The minimum atomic E-state index is -0.0803. The van der Waals surface area contributed by atoms with Gasteiger partial charge in [-0.15, -0.1) is 0 Å². The molecule has 0 aromatic heterocycles. The molecule has 0 radical (unpaired) electrons. The highest BCUT2D eigenvalue weighted by atomic mass is 19.1. The van der Waals surface area contributed by atoms with Gasteiger partial charge < -0.3 is 5.32 Å². The van der Waals surface area contributed by atoms with Crippen LogP contribution in [0.15, 0.2) is 18.2 Å². The molecule has 1 saturated heterocycles. The maximum Gasteiger partial charge on any atom is 0.127 e. The summed E-state index contributed by atoms with van der Waals surface area (Å²) in [6, 6.07) is 5.44. The first-order valence-corrected chi connectivity index (χ1v) is 7.14. The SMILES string of the molecule is CNCc1ccc(F)c(CN2CCCC(C)(C)C2)c1. The van der Waals surface area contributed by atoms with E-state index >= 15 is 0 Å². The van der Waals surface area contributed by atoms with Gasteiger partial charge in [0.05, 0.1) is 0 Å². The van der Waals surface area contributed by atoms with Crippen LogP contribution >= 0.6 is 0 Å². The molecule has 1 N–H and O–H groups in total. The van der Waals surface area contributed by atoms with E-state index in [1.54, 1.807) is 6.07 Å². The summed E-state index contributed by atoms with van der Waals surface area (Å²) in [7, 11) is 1.91. The van der Waals surface area contributed by atoms with Crippen LogP contribution in [0.2, 0.25) is 0 Å². The van der Waals surface area contributed by atoms with Crippen molar-refractivity contribution in [2.75, 3.05) is 20.1 Å². The molecule has 0 saturated carbocycles. The maximum atomic E-state index is 13.9. The van der Waals surface area contributed by atoms with Crippen LogP contribution in [0.25, 0.3) is 0 Å². The van der Waals surface area contributed by atoms with Gasteiger partial charge in [0.1, 0.15) is 5.82 Å². The highest BCUT2D eigenvalue weighted by molar-refractivity contribution is 5.25. The van der Waals surface area contributed by atoms with Crippen LogP contribution < -0.4 is 5.32 Å². The Hall–Kier alpha value is -0.930. The monoisotopic (exact) mass is 264 g/mol. The number of nitrogens with one attached hydrogen (secondary N) is 1. The summed E-state index contributed by atoms with van der Waals surface area (Å²) >= 11 is 0. The zero-order chi connectivity index (χ0) is 13.9. The van der Waals surface area contributed by atoms with E-state index in [1.165, 1.54) is 12.8 Å². The summed E-state index contributed by atoms with van der Waals surface area (Å²) in [6.45, 7) is 8.26. The summed E-state index contributed by atoms with van der Waals surface area (Å²) in [5.74, 6) is -0.0803. The molecule has 0 atom stereocenters. The lowest BCUT2D eigenvalue weighted by Gasteiger charge is -2.38. The molecule has 0 amide bonds. The molecule has 1 aliphatic heterocycles. The largest absolute Gasteiger partial charge is 0.316 e. The van der Waals surface area contributed by atoms with Gasteiger partial charge in [0.2, 0.25) is 0 Å². The Labute approximate surface area is 116 Å². The number of hydrogen-bond acceptors (Lipinski definition) is 2. The zero-order valence-electron chi connectivity index (χ0n) is 12.3. The molecule has 1 aromatic carbocycles. The Kier molecular flexibility index (Phi) is 4.58. The molecular weight excluding hydrogens is 239 g/mol. The lowest BCUT2D eigenvalue weighted by Crippen LogP contribution is -2.39. The zero-order valence-corrected chi connectivity index (χ0v) is 12.3. The van der Waals surface area contributed by atoms with Crippen LogP contribution in [0.4, 0.5) is 4.39 Å². The maximum absolute atomic E-state index is 13.9. The summed E-state index contributed by atoms with van der Waals surface area (Å²) in [5.41, 5.74) is 2.33. The Balaban J connectivity index is 2.07. The van der Waals surface area contributed by atoms with E-state index < -0.39 is 0 Å². The number of hydrogen-bond donors (Lipinski definition) is 1. The second-order valence-corrected chi connectivity index (χ2v) is 6.43. The minimum Gasteiger partial charge on any atom is -0.316 e. The van der Waals surface area contributed by atoms with E-state index in [4.69, 9.17) is 0 Å². The normalized spacial score (nSPS) is 19.6. The molecule has 19 heavy (non-hydrogen) atoms. The van der Waals surface area contributed by atoms with Crippen LogP contribution in [0.5, 0.6) is 0 Å². The molecule has 1 aliphatic rings. The second-order valence-electron chi connectivity index (χ2n) is 6.43. The van der Waals surface area contributed by atoms with E-state index in [9.17, 15) is 4.39 Å². The van der Waals surface area contributed by atoms with Gasteiger partial charge in [0, 0.05) is 25.2 Å². The fourth-order valence-corrected chi connectivity index (χ4v) is 2.98. The first kappa shape index (κ1) is 14.5. The molecule has 0 aliphatic carbocycles. The second kappa shape index (κ2) is 6.02. The van der Waals surface area contributed by atoms with Gasteiger partial charge in [0.25, 0.3) is 0 Å². The average Bonchev–Trinajstić information content (AvgIpc) is 2.32. The van der Waals surface area contributed by atoms with Crippen molar-refractivity contribution in [3.05, 3.63) is 35.1 Å². The number of benzene rings is 1. The lowest BCUT2D eigenvalue weighted by atomic mass is 9.84. The van der Waals surface area contributed by atoms with Gasteiger partial charge >= 0.3 is 0 Å². The van der Waals surface area contributed by atoms with Crippen molar-refractivity contribution < 1.29 is 4.39 Å². The van der Waals surface area contributed by atoms with Crippen LogP contribution in [-0.2, 0) is 13.1 Å². The molecule has 0 unspecified atom stereocenters. The first-order valence-electron chi connectivity index (χ1n) is 7.14. The van der Waals surface area contributed by atoms with Crippen LogP contribution in [-0.4, -0.2) is 25.0 Å². The fourth-order valence-electron chi connectivity index (χ4n) is 2.98. The van der Waals surface area contributed by atoms with Crippen molar-refractivity contribution in [1.82, 2.24) is 10.2 Å². The highest BCUT2D eigenvalue weighted by Crippen LogP contribution is 2.29.